The fraction of sp³-hybridized carbons (Fsp3) is 0. The first-order valence-electron chi connectivity index (χ1n) is 0.811. The van der Waals surface area contributed by atoms with E-state index in [0.717, 1.165) is 6.10 Å². The van der Waals surface area contributed by atoms with Gasteiger partial charge in [0.2, 0.25) is 7.13 Å². The summed E-state index contributed by atoms with van der Waals surface area (Å²) in [5, 5.41) is 0. The molecular formula is H3BINP. The standard InChI is InChI=1S/BH3INP/c2-4-1-3/h4H,3H2. The summed E-state index contributed by atoms with van der Waals surface area (Å²) in [6.45, 7) is 0. The van der Waals surface area contributed by atoms with Gasteiger partial charge in [-0.25, -0.2) is 0 Å². The Morgan fingerprint density at radius 3 is 2.25 bits per heavy atom. The first-order valence-corrected chi connectivity index (χ1v) is 5.00. The first-order chi connectivity index (χ1) is 1.91. The van der Waals surface area contributed by atoms with Crippen LogP contribution in [0.15, 0.2) is 0 Å². The maximum Gasteiger partial charge on any atom is 0.245 e. The van der Waals surface area contributed by atoms with Crippen LogP contribution in [0.5, 0.6) is 0 Å². The number of halogens is 1. The van der Waals surface area contributed by atoms with E-state index in [1.165, 1.54) is 0 Å². The zero-order chi connectivity index (χ0) is 3.41. The van der Waals surface area contributed by atoms with Crippen molar-refractivity contribution < 1.29 is 0 Å². The molecule has 1 unspecified atom stereocenters. The van der Waals surface area contributed by atoms with Gasteiger partial charge in [-0.3, -0.25) is 0 Å². The normalized spacial score (nSPS) is 9.50. The molecule has 0 spiro atoms. The largest absolute Gasteiger partial charge is 0.370 e. The van der Waals surface area contributed by atoms with Crippen molar-refractivity contribution in [3.8, 4) is 0 Å². The Hall–Kier alpha value is 1.18. The predicted octanol–water partition coefficient (Wildman–Crippen LogP) is 0.508. The van der Waals surface area contributed by atoms with Crippen LogP contribution in [-0.2, 0) is 0 Å². The number of hydrogen-bond donors (Lipinski definition) is 1. The van der Waals surface area contributed by atoms with Crippen molar-refractivity contribution in [1.82, 2.24) is 0 Å². The highest BCUT2D eigenvalue weighted by atomic mass is 127. The average molecular weight is 186 g/mol. The molecule has 0 aromatic carbocycles. The van der Waals surface area contributed by atoms with E-state index in [9.17, 15) is 0 Å². The van der Waals surface area contributed by atoms with Crippen LogP contribution in [0.25, 0.3) is 0 Å². The van der Waals surface area contributed by atoms with Gasteiger partial charge in [0, 0.05) is 0 Å². The molecule has 0 aliphatic heterocycles. The van der Waals surface area contributed by atoms with E-state index in [-0.39, 0.29) is 0 Å². The van der Waals surface area contributed by atoms with E-state index < -0.39 is 0 Å². The van der Waals surface area contributed by atoms with Crippen LogP contribution in [0.4, 0.5) is 0 Å². The average Bonchev–Trinajstić information content (AvgIpc) is 1.37. The molecule has 0 aliphatic rings. The fourth-order valence-electron chi connectivity index (χ4n) is 0. The van der Waals surface area contributed by atoms with Gasteiger partial charge in [0.05, 0.1) is 0 Å². The highest BCUT2D eigenvalue weighted by Crippen LogP contribution is 2.13. The second-order valence-corrected chi connectivity index (χ2v) is 2.70. The highest BCUT2D eigenvalue weighted by Gasteiger charge is 1.64. The number of nitrogens with two attached hydrogens (primary N) is 1. The third kappa shape index (κ3) is 3.18. The van der Waals surface area contributed by atoms with Gasteiger partial charge >= 0.3 is 0 Å². The molecule has 0 aliphatic carbocycles. The lowest BCUT2D eigenvalue weighted by molar-refractivity contribution is 1.98. The van der Waals surface area contributed by atoms with Gasteiger partial charge in [-0.05, 0) is 0 Å². The molecule has 0 fully saturated rings. The lowest BCUT2D eigenvalue weighted by atomic mass is 10.5. The molecular weight excluding hydrogens is 183 g/mol. The Bertz CT molecular complexity index is 10.0. The second kappa shape index (κ2) is 4.18. The smallest absolute Gasteiger partial charge is 0.245 e. The van der Waals surface area contributed by atoms with Crippen LogP contribution in [0, 0.1) is 0 Å². The molecule has 2 N–H and O–H groups in total. The molecule has 0 bridgehead atoms. The minimum Gasteiger partial charge on any atom is -0.370 e. The molecule has 1 atom stereocenters. The number of hydrogen-bond acceptors (Lipinski definition) is 1. The van der Waals surface area contributed by atoms with Gasteiger partial charge < -0.3 is 5.64 Å². The molecule has 23 valence electrons. The third-order valence-corrected chi connectivity index (χ3v) is 1.27. The molecule has 0 rings (SSSR count). The lowest BCUT2D eigenvalue weighted by Crippen LogP contribution is -1.91. The van der Waals surface area contributed by atoms with Gasteiger partial charge in [0.1, 0.15) is 0 Å². The van der Waals surface area contributed by atoms with E-state index in [1.54, 1.807) is 7.13 Å². The van der Waals surface area contributed by atoms with Crippen LogP contribution in [0.3, 0.4) is 0 Å². The van der Waals surface area contributed by atoms with Crippen molar-refractivity contribution in [2.75, 3.05) is 0 Å². The van der Waals surface area contributed by atoms with E-state index in [2.05, 4.69) is 22.0 Å². The predicted molar refractivity (Wildman–Crippen MR) is 32.3 cm³/mol. The third-order valence-electron chi connectivity index (χ3n) is 0.0630. The zero-order valence-corrected chi connectivity index (χ0v) is 5.19. The number of rotatable bonds is 1. The van der Waals surface area contributed by atoms with Crippen molar-refractivity contribution in [1.29, 1.82) is 0 Å². The van der Waals surface area contributed by atoms with Crippen molar-refractivity contribution in [2.45, 2.75) is 0 Å². The van der Waals surface area contributed by atoms with Crippen molar-refractivity contribution >= 4 is 35.3 Å². The summed E-state index contributed by atoms with van der Waals surface area (Å²) in [5.74, 6) is 0. The Morgan fingerprint density at radius 2 is 2.25 bits per heavy atom. The highest BCUT2D eigenvalue weighted by molar-refractivity contribution is 14.2. The van der Waals surface area contributed by atoms with Gasteiger partial charge in [0.15, 0.2) is 0 Å². The van der Waals surface area contributed by atoms with Gasteiger partial charge in [0.25, 0.3) is 0 Å². The van der Waals surface area contributed by atoms with Crippen LogP contribution in [0.2, 0.25) is 0 Å². The molecule has 0 amide bonds. The summed E-state index contributed by atoms with van der Waals surface area (Å²) in [6.07, 6.45) is 0.763. The summed E-state index contributed by atoms with van der Waals surface area (Å²) in [6, 6.07) is 0. The molecule has 1 radical (unpaired) electrons. The van der Waals surface area contributed by atoms with Gasteiger partial charge in [-0.15, -0.1) is 0 Å². The van der Waals surface area contributed by atoms with E-state index in [4.69, 9.17) is 5.64 Å². The fourth-order valence-corrected chi connectivity index (χ4v) is 0. The van der Waals surface area contributed by atoms with Crippen LogP contribution >= 0.6 is 28.1 Å². The van der Waals surface area contributed by atoms with Crippen molar-refractivity contribution in [3.05, 3.63) is 0 Å². The van der Waals surface area contributed by atoms with Gasteiger partial charge in [-0.2, -0.15) is 0 Å². The summed E-state index contributed by atoms with van der Waals surface area (Å²) in [4.78, 5) is 0. The van der Waals surface area contributed by atoms with Gasteiger partial charge in [-0.1, -0.05) is 28.1 Å². The molecule has 4 heteroatoms. The second-order valence-electron chi connectivity index (χ2n) is 0.276. The molecule has 0 heterocycles. The Balaban J connectivity index is 1.97. The minimum absolute atomic E-state index is 0.763. The van der Waals surface area contributed by atoms with Crippen molar-refractivity contribution in [3.63, 3.8) is 0 Å². The summed E-state index contributed by atoms with van der Waals surface area (Å²) in [7, 11) is 1.64. The van der Waals surface area contributed by atoms with E-state index in [0.29, 0.717) is 0 Å². The first kappa shape index (κ1) is 5.18. The summed E-state index contributed by atoms with van der Waals surface area (Å²) >= 11 is 2.20. The zero-order valence-electron chi connectivity index (χ0n) is 2.03. The Labute approximate surface area is 41.2 Å². The SMILES string of the molecule is N[B]PI. The molecule has 0 saturated heterocycles. The van der Waals surface area contributed by atoms with Crippen LogP contribution < -0.4 is 5.64 Å². The lowest BCUT2D eigenvalue weighted by Gasteiger charge is -1.63. The van der Waals surface area contributed by atoms with Crippen LogP contribution in [-0.4, -0.2) is 7.13 Å². The molecule has 0 saturated carbocycles. The maximum atomic E-state index is 4.91. The maximum absolute atomic E-state index is 4.91. The quantitative estimate of drug-likeness (QED) is 0.360. The van der Waals surface area contributed by atoms with E-state index >= 15 is 0 Å². The summed E-state index contributed by atoms with van der Waals surface area (Å²) in [5.41, 5.74) is 4.91. The van der Waals surface area contributed by atoms with E-state index in [1.807, 2.05) is 0 Å². The monoisotopic (exact) mass is 186 g/mol. The van der Waals surface area contributed by atoms with Crippen LogP contribution in [0.1, 0.15) is 0 Å². The summed E-state index contributed by atoms with van der Waals surface area (Å²) < 4.78 is 0. The minimum atomic E-state index is 0.763. The Morgan fingerprint density at radius 1 is 2.00 bits per heavy atom. The molecule has 4 heavy (non-hydrogen) atoms. The van der Waals surface area contributed by atoms with Crippen molar-refractivity contribution in [2.24, 2.45) is 5.64 Å². The molecule has 0 aromatic heterocycles. The molecule has 0 aromatic rings. The topological polar surface area (TPSA) is 26.0 Å². The molecule has 1 nitrogen and oxygen atoms in total. The Kier molecular flexibility index (Phi) is 5.42.